The maximum absolute atomic E-state index is 4.38. The first-order chi connectivity index (χ1) is 5.77. The van der Waals surface area contributed by atoms with E-state index in [0.717, 1.165) is 18.2 Å². The van der Waals surface area contributed by atoms with Crippen molar-refractivity contribution in [2.24, 2.45) is 7.05 Å². The van der Waals surface area contributed by atoms with Crippen LogP contribution in [-0.2, 0) is 19.9 Å². The zero-order valence-corrected chi connectivity index (χ0v) is 9.26. The van der Waals surface area contributed by atoms with Crippen LogP contribution in [0.5, 0.6) is 0 Å². The third kappa shape index (κ3) is 2.34. The predicted octanol–water partition coefficient (Wildman–Crippen LogP) is 2.31. The van der Waals surface area contributed by atoms with Gasteiger partial charge in [0.15, 0.2) is 0 Å². The molecule has 0 spiro atoms. The molecule has 3 heteroatoms. The highest BCUT2D eigenvalue weighted by Crippen LogP contribution is 2.07. The fourth-order valence-corrected chi connectivity index (χ4v) is 1.51. The molecule has 0 aromatic carbocycles. The molecule has 0 radical (unpaired) electrons. The van der Waals surface area contributed by atoms with E-state index in [2.05, 4.69) is 34.0 Å². The third-order valence-corrected chi connectivity index (χ3v) is 2.52. The van der Waals surface area contributed by atoms with E-state index in [1.165, 1.54) is 17.8 Å². The highest BCUT2D eigenvalue weighted by molar-refractivity contribution is 9.09. The lowest BCUT2D eigenvalue weighted by molar-refractivity contribution is 0.690. The quantitative estimate of drug-likeness (QED) is 0.727. The molecule has 0 aliphatic rings. The summed E-state index contributed by atoms with van der Waals surface area (Å²) in [5.74, 6) is 0. The molecule has 0 unspecified atom stereocenters. The smallest absolute Gasteiger partial charge is 0.0624 e. The molecule has 1 rings (SSSR count). The van der Waals surface area contributed by atoms with Gasteiger partial charge >= 0.3 is 0 Å². The maximum Gasteiger partial charge on any atom is 0.0624 e. The maximum atomic E-state index is 4.38. The Bertz CT molecular complexity index is 243. The molecule has 12 heavy (non-hydrogen) atoms. The van der Waals surface area contributed by atoms with Gasteiger partial charge in [-0.1, -0.05) is 22.9 Å². The molecular formula is C9H15BrN2. The Morgan fingerprint density at radius 2 is 2.33 bits per heavy atom. The second-order valence-electron chi connectivity index (χ2n) is 2.90. The van der Waals surface area contributed by atoms with Crippen molar-refractivity contribution < 1.29 is 0 Å². The second kappa shape index (κ2) is 4.65. The van der Waals surface area contributed by atoms with Gasteiger partial charge in [0.2, 0.25) is 0 Å². The van der Waals surface area contributed by atoms with Gasteiger partial charge in [-0.25, -0.2) is 0 Å². The molecular weight excluding hydrogens is 216 g/mol. The monoisotopic (exact) mass is 230 g/mol. The number of hydrogen-bond donors (Lipinski definition) is 0. The lowest BCUT2D eigenvalue weighted by Gasteiger charge is -1.97. The topological polar surface area (TPSA) is 17.8 Å². The summed E-state index contributed by atoms with van der Waals surface area (Å²) >= 11 is 3.43. The molecule has 0 aliphatic heterocycles. The molecule has 1 heterocycles. The molecule has 0 N–H and O–H groups in total. The Balaban J connectivity index is 2.64. The van der Waals surface area contributed by atoms with E-state index in [0.29, 0.717) is 0 Å². The van der Waals surface area contributed by atoms with Crippen molar-refractivity contribution in [3.63, 3.8) is 0 Å². The fraction of sp³-hybridized carbons (Fsp3) is 0.667. The third-order valence-electron chi connectivity index (χ3n) is 1.96. The summed E-state index contributed by atoms with van der Waals surface area (Å²) in [7, 11) is 2.02. The summed E-state index contributed by atoms with van der Waals surface area (Å²) in [5, 5.41) is 5.45. The van der Waals surface area contributed by atoms with Crippen LogP contribution in [0.15, 0.2) is 6.07 Å². The van der Waals surface area contributed by atoms with Gasteiger partial charge in [-0.05, 0) is 25.3 Å². The van der Waals surface area contributed by atoms with Crippen LogP contribution >= 0.6 is 15.9 Å². The van der Waals surface area contributed by atoms with Crippen molar-refractivity contribution in [2.45, 2.75) is 26.2 Å². The van der Waals surface area contributed by atoms with Gasteiger partial charge in [-0.15, -0.1) is 0 Å². The molecule has 0 saturated carbocycles. The normalized spacial score (nSPS) is 10.6. The summed E-state index contributed by atoms with van der Waals surface area (Å²) in [6, 6.07) is 2.20. The van der Waals surface area contributed by atoms with E-state index in [-0.39, 0.29) is 0 Å². The average Bonchev–Trinajstić information content (AvgIpc) is 2.43. The highest BCUT2D eigenvalue weighted by atomic mass is 79.9. The minimum Gasteiger partial charge on any atom is -0.272 e. The van der Waals surface area contributed by atoms with Crippen LogP contribution < -0.4 is 0 Å². The van der Waals surface area contributed by atoms with Crippen LogP contribution in [0.1, 0.15) is 24.7 Å². The first-order valence-corrected chi connectivity index (χ1v) is 5.47. The van der Waals surface area contributed by atoms with Crippen molar-refractivity contribution in [2.75, 3.05) is 5.33 Å². The lowest BCUT2D eigenvalue weighted by Crippen LogP contribution is -1.98. The number of alkyl halides is 1. The SMILES string of the molecule is CCc1cc(CCCBr)n(C)n1. The average molecular weight is 231 g/mol. The first kappa shape index (κ1) is 9.78. The summed E-state index contributed by atoms with van der Waals surface area (Å²) in [4.78, 5) is 0. The van der Waals surface area contributed by atoms with Crippen molar-refractivity contribution in [1.82, 2.24) is 9.78 Å². The number of halogens is 1. The largest absolute Gasteiger partial charge is 0.272 e. The molecule has 1 aromatic rings. The Morgan fingerprint density at radius 3 is 2.83 bits per heavy atom. The number of rotatable bonds is 4. The van der Waals surface area contributed by atoms with Crippen LogP contribution in [0.4, 0.5) is 0 Å². The van der Waals surface area contributed by atoms with Crippen molar-refractivity contribution in [3.05, 3.63) is 17.5 Å². The zero-order chi connectivity index (χ0) is 8.97. The summed E-state index contributed by atoms with van der Waals surface area (Å²) in [5.41, 5.74) is 2.54. The number of hydrogen-bond acceptors (Lipinski definition) is 1. The van der Waals surface area contributed by atoms with Crippen molar-refractivity contribution >= 4 is 15.9 Å². The second-order valence-corrected chi connectivity index (χ2v) is 3.69. The molecule has 68 valence electrons. The molecule has 0 fully saturated rings. The predicted molar refractivity (Wildman–Crippen MR) is 54.7 cm³/mol. The van der Waals surface area contributed by atoms with Crippen LogP contribution in [0, 0.1) is 0 Å². The minimum atomic E-state index is 1.03. The van der Waals surface area contributed by atoms with Crippen LogP contribution in [0.25, 0.3) is 0 Å². The van der Waals surface area contributed by atoms with E-state index < -0.39 is 0 Å². The molecule has 0 saturated heterocycles. The Kier molecular flexibility index (Phi) is 3.79. The van der Waals surface area contributed by atoms with Crippen LogP contribution in [-0.4, -0.2) is 15.1 Å². The van der Waals surface area contributed by atoms with Gasteiger partial charge in [0.25, 0.3) is 0 Å². The van der Waals surface area contributed by atoms with Gasteiger partial charge in [-0.3, -0.25) is 4.68 Å². The first-order valence-electron chi connectivity index (χ1n) is 4.35. The van der Waals surface area contributed by atoms with Crippen molar-refractivity contribution in [3.8, 4) is 0 Å². The van der Waals surface area contributed by atoms with E-state index >= 15 is 0 Å². The molecule has 0 atom stereocenters. The fourth-order valence-electron chi connectivity index (χ4n) is 1.23. The van der Waals surface area contributed by atoms with Crippen LogP contribution in [0.3, 0.4) is 0 Å². The number of nitrogens with zero attached hydrogens (tertiary/aromatic N) is 2. The molecule has 1 aromatic heterocycles. The Labute approximate surface area is 82.1 Å². The van der Waals surface area contributed by atoms with Gasteiger partial charge in [0.1, 0.15) is 0 Å². The van der Waals surface area contributed by atoms with E-state index in [1.807, 2.05) is 11.7 Å². The van der Waals surface area contributed by atoms with Gasteiger partial charge in [0.05, 0.1) is 5.69 Å². The summed E-state index contributed by atoms with van der Waals surface area (Å²) < 4.78 is 1.99. The summed E-state index contributed by atoms with van der Waals surface area (Å²) in [6.45, 7) is 2.14. The van der Waals surface area contributed by atoms with Crippen LogP contribution in [0.2, 0.25) is 0 Å². The molecule has 0 bridgehead atoms. The zero-order valence-electron chi connectivity index (χ0n) is 7.68. The highest BCUT2D eigenvalue weighted by Gasteiger charge is 2.01. The van der Waals surface area contributed by atoms with E-state index in [1.54, 1.807) is 0 Å². The van der Waals surface area contributed by atoms with Gasteiger partial charge in [0, 0.05) is 18.1 Å². The lowest BCUT2D eigenvalue weighted by atomic mass is 10.2. The van der Waals surface area contributed by atoms with Crippen molar-refractivity contribution in [1.29, 1.82) is 0 Å². The molecule has 0 aliphatic carbocycles. The van der Waals surface area contributed by atoms with Gasteiger partial charge < -0.3 is 0 Å². The standard InChI is InChI=1S/C9H15BrN2/c1-3-8-7-9(5-4-6-10)12(2)11-8/h7H,3-6H2,1-2H3. The number of aryl methyl sites for hydroxylation is 3. The van der Waals surface area contributed by atoms with E-state index in [4.69, 9.17) is 0 Å². The van der Waals surface area contributed by atoms with Gasteiger partial charge in [-0.2, -0.15) is 5.10 Å². The summed E-state index contributed by atoms with van der Waals surface area (Å²) in [6.07, 6.45) is 3.33. The number of aromatic nitrogens is 2. The Morgan fingerprint density at radius 1 is 1.58 bits per heavy atom. The van der Waals surface area contributed by atoms with E-state index in [9.17, 15) is 0 Å². The Hall–Kier alpha value is -0.310. The minimum absolute atomic E-state index is 1.03. The molecule has 2 nitrogen and oxygen atoms in total. The molecule has 0 amide bonds.